The van der Waals surface area contributed by atoms with Crippen molar-refractivity contribution in [2.24, 2.45) is 0 Å². The zero-order chi connectivity index (χ0) is 14.3. The van der Waals surface area contributed by atoms with E-state index < -0.39 is 23.0 Å². The number of nitrogens with zero attached hydrogens (tertiary/aromatic N) is 1. The van der Waals surface area contributed by atoms with Gasteiger partial charge < -0.3 is 9.67 Å². The molecule has 1 aromatic heterocycles. The van der Waals surface area contributed by atoms with Crippen LogP contribution in [-0.2, 0) is 6.54 Å². The van der Waals surface area contributed by atoms with Gasteiger partial charge in [-0.2, -0.15) is 0 Å². The first-order valence-corrected chi connectivity index (χ1v) is 5.64. The Bertz CT molecular complexity index is 750. The van der Waals surface area contributed by atoms with E-state index in [1.165, 1.54) is 11.5 Å². The monoisotopic (exact) mass is 267 g/mol. The van der Waals surface area contributed by atoms with Crippen molar-refractivity contribution in [3.63, 3.8) is 0 Å². The lowest BCUT2D eigenvalue weighted by Gasteiger charge is -2.15. The number of aromatic carboxylic acids is 1. The number of carbonyl (C=O) groups is 1. The standard InChI is InChI=1S/C13H11F2NO3/c1-3-16-10(13(18)19)6(2)12(17)8-4-7(14)5-9(15)11(8)16/h4-5H,3H2,1-2H3,(H,18,19). The molecular formula is C13H11F2NO3. The van der Waals surface area contributed by atoms with Crippen molar-refractivity contribution in [3.8, 4) is 0 Å². The highest BCUT2D eigenvalue weighted by molar-refractivity contribution is 5.92. The summed E-state index contributed by atoms with van der Waals surface area (Å²) in [6.07, 6.45) is 0. The lowest BCUT2D eigenvalue weighted by Crippen LogP contribution is -2.22. The molecule has 0 saturated carbocycles. The van der Waals surface area contributed by atoms with Gasteiger partial charge in [0, 0.05) is 18.2 Å². The van der Waals surface area contributed by atoms with Crippen LogP contribution in [0.2, 0.25) is 0 Å². The Morgan fingerprint density at radius 1 is 1.37 bits per heavy atom. The molecule has 0 atom stereocenters. The van der Waals surface area contributed by atoms with Gasteiger partial charge in [-0.25, -0.2) is 13.6 Å². The number of halogens is 2. The zero-order valence-electron chi connectivity index (χ0n) is 10.3. The maximum atomic E-state index is 13.9. The molecule has 0 bridgehead atoms. The lowest BCUT2D eigenvalue weighted by molar-refractivity contribution is 0.0684. The molecule has 0 aliphatic rings. The average Bonchev–Trinajstić information content (AvgIpc) is 2.32. The molecule has 1 aromatic carbocycles. The minimum absolute atomic E-state index is 0.0353. The van der Waals surface area contributed by atoms with Crippen LogP contribution in [0.4, 0.5) is 8.78 Å². The van der Waals surface area contributed by atoms with E-state index >= 15 is 0 Å². The molecule has 0 aliphatic carbocycles. The highest BCUT2D eigenvalue weighted by atomic mass is 19.1. The molecular weight excluding hydrogens is 256 g/mol. The second-order valence-electron chi connectivity index (χ2n) is 4.14. The lowest BCUT2D eigenvalue weighted by atomic mass is 10.1. The molecule has 19 heavy (non-hydrogen) atoms. The Labute approximate surface area is 106 Å². The van der Waals surface area contributed by atoms with Gasteiger partial charge in [0.2, 0.25) is 0 Å². The molecule has 0 unspecified atom stereocenters. The SMILES string of the molecule is CCn1c(C(=O)O)c(C)c(=O)c2cc(F)cc(F)c21. The first-order valence-electron chi connectivity index (χ1n) is 5.64. The van der Waals surface area contributed by atoms with Crippen molar-refractivity contribution in [2.75, 3.05) is 0 Å². The van der Waals surface area contributed by atoms with E-state index in [1.54, 1.807) is 6.92 Å². The van der Waals surface area contributed by atoms with Gasteiger partial charge in [-0.1, -0.05) is 0 Å². The maximum absolute atomic E-state index is 13.9. The van der Waals surface area contributed by atoms with E-state index in [4.69, 9.17) is 5.11 Å². The molecule has 0 saturated heterocycles. The summed E-state index contributed by atoms with van der Waals surface area (Å²) in [4.78, 5) is 23.2. The van der Waals surface area contributed by atoms with E-state index in [1.807, 2.05) is 0 Å². The van der Waals surface area contributed by atoms with Gasteiger partial charge in [0.15, 0.2) is 11.2 Å². The number of benzene rings is 1. The maximum Gasteiger partial charge on any atom is 0.352 e. The Kier molecular flexibility index (Phi) is 3.09. The first-order chi connectivity index (χ1) is 8.88. The van der Waals surface area contributed by atoms with E-state index in [-0.39, 0.29) is 28.7 Å². The molecule has 4 nitrogen and oxygen atoms in total. The Balaban J connectivity index is 3.14. The zero-order valence-corrected chi connectivity index (χ0v) is 10.3. The quantitative estimate of drug-likeness (QED) is 0.908. The number of rotatable bonds is 2. The molecule has 2 aromatic rings. The molecule has 0 spiro atoms. The predicted octanol–water partition coefficient (Wildman–Crippen LogP) is 2.31. The van der Waals surface area contributed by atoms with E-state index in [0.29, 0.717) is 6.07 Å². The van der Waals surface area contributed by atoms with Crippen molar-refractivity contribution in [1.29, 1.82) is 0 Å². The number of carboxylic acids is 1. The number of hydrogen-bond acceptors (Lipinski definition) is 2. The van der Waals surface area contributed by atoms with Crippen molar-refractivity contribution in [2.45, 2.75) is 20.4 Å². The normalized spacial score (nSPS) is 10.9. The number of aryl methyl sites for hydroxylation is 1. The van der Waals surface area contributed by atoms with Gasteiger partial charge >= 0.3 is 5.97 Å². The van der Waals surface area contributed by atoms with Crippen LogP contribution in [0.25, 0.3) is 10.9 Å². The average molecular weight is 267 g/mol. The Morgan fingerprint density at radius 3 is 2.53 bits per heavy atom. The molecule has 0 radical (unpaired) electrons. The molecule has 0 fully saturated rings. The second kappa shape index (κ2) is 4.46. The fourth-order valence-electron chi connectivity index (χ4n) is 2.23. The van der Waals surface area contributed by atoms with Crippen molar-refractivity contribution < 1.29 is 18.7 Å². The summed E-state index contributed by atoms with van der Waals surface area (Å²) in [6.45, 7) is 3.11. The van der Waals surface area contributed by atoms with E-state index in [2.05, 4.69) is 0 Å². The minimum Gasteiger partial charge on any atom is -0.477 e. The third-order valence-corrected chi connectivity index (χ3v) is 3.03. The third-order valence-electron chi connectivity index (χ3n) is 3.03. The smallest absolute Gasteiger partial charge is 0.352 e. The van der Waals surface area contributed by atoms with Crippen LogP contribution < -0.4 is 5.43 Å². The summed E-state index contributed by atoms with van der Waals surface area (Å²) in [7, 11) is 0. The summed E-state index contributed by atoms with van der Waals surface area (Å²) < 4.78 is 28.2. The molecule has 1 N–H and O–H groups in total. The number of fused-ring (bicyclic) bond motifs is 1. The molecule has 2 rings (SSSR count). The molecule has 0 amide bonds. The predicted molar refractivity (Wildman–Crippen MR) is 65.5 cm³/mol. The molecule has 100 valence electrons. The first kappa shape index (κ1) is 13.2. The highest BCUT2D eigenvalue weighted by Crippen LogP contribution is 2.21. The number of hydrogen-bond donors (Lipinski definition) is 1. The number of carboxylic acid groups (broad SMARTS) is 1. The summed E-state index contributed by atoms with van der Waals surface area (Å²) in [5.74, 6) is -3.13. The van der Waals surface area contributed by atoms with Crippen molar-refractivity contribution in [3.05, 3.63) is 45.2 Å². The Hall–Kier alpha value is -2.24. The molecule has 0 aliphatic heterocycles. The minimum atomic E-state index is -1.32. The largest absolute Gasteiger partial charge is 0.477 e. The van der Waals surface area contributed by atoms with Crippen LogP contribution in [0.5, 0.6) is 0 Å². The molecule has 6 heteroatoms. The van der Waals surface area contributed by atoms with Gasteiger partial charge in [-0.15, -0.1) is 0 Å². The van der Waals surface area contributed by atoms with Crippen LogP contribution in [0.1, 0.15) is 23.0 Å². The second-order valence-corrected chi connectivity index (χ2v) is 4.14. The van der Waals surface area contributed by atoms with Crippen LogP contribution in [0.3, 0.4) is 0 Å². The van der Waals surface area contributed by atoms with Gasteiger partial charge in [-0.05, 0) is 19.9 Å². The van der Waals surface area contributed by atoms with Crippen LogP contribution in [0.15, 0.2) is 16.9 Å². The van der Waals surface area contributed by atoms with Crippen LogP contribution >= 0.6 is 0 Å². The highest BCUT2D eigenvalue weighted by Gasteiger charge is 2.21. The fraction of sp³-hybridized carbons (Fsp3) is 0.231. The molecule has 1 heterocycles. The Morgan fingerprint density at radius 2 is 2.00 bits per heavy atom. The van der Waals surface area contributed by atoms with Crippen molar-refractivity contribution >= 4 is 16.9 Å². The summed E-state index contributed by atoms with van der Waals surface area (Å²) in [5, 5.41) is 9.00. The fourth-order valence-corrected chi connectivity index (χ4v) is 2.23. The third kappa shape index (κ3) is 1.89. The van der Waals surface area contributed by atoms with Gasteiger partial charge in [0.1, 0.15) is 11.5 Å². The van der Waals surface area contributed by atoms with E-state index in [9.17, 15) is 18.4 Å². The summed E-state index contributed by atoms with van der Waals surface area (Å²) in [5.41, 5.74) is -1.16. The summed E-state index contributed by atoms with van der Waals surface area (Å²) in [6, 6.07) is 1.56. The van der Waals surface area contributed by atoms with Crippen LogP contribution in [0, 0.1) is 18.6 Å². The van der Waals surface area contributed by atoms with Gasteiger partial charge in [0.25, 0.3) is 0 Å². The van der Waals surface area contributed by atoms with Crippen molar-refractivity contribution in [1.82, 2.24) is 4.57 Å². The van der Waals surface area contributed by atoms with Crippen LogP contribution in [-0.4, -0.2) is 15.6 Å². The van der Waals surface area contributed by atoms with Gasteiger partial charge in [0.05, 0.1) is 10.9 Å². The number of pyridine rings is 1. The number of aromatic nitrogens is 1. The topological polar surface area (TPSA) is 59.3 Å². The van der Waals surface area contributed by atoms with Gasteiger partial charge in [-0.3, -0.25) is 4.79 Å². The summed E-state index contributed by atoms with van der Waals surface area (Å²) >= 11 is 0. The van der Waals surface area contributed by atoms with E-state index in [0.717, 1.165) is 6.07 Å².